The number of rotatable bonds is 12. The number of hydrogen-bond donors (Lipinski definition) is 3. The molecule has 0 saturated carbocycles. The number of nitrogens with zero attached hydrogens (tertiary/aromatic N) is 1. The molecule has 0 spiro atoms. The number of aliphatic hydroxyl groups is 1. The summed E-state index contributed by atoms with van der Waals surface area (Å²) >= 11 is 0. The molecule has 3 N–H and O–H groups in total. The third kappa shape index (κ3) is 9.34. The minimum Gasteiger partial charge on any atom is -0.497 e. The lowest BCUT2D eigenvalue weighted by Crippen LogP contribution is -2.38. The molecular formula is C20H35N3O2. The van der Waals surface area contributed by atoms with Crippen LogP contribution in [0, 0.1) is 5.92 Å². The summed E-state index contributed by atoms with van der Waals surface area (Å²) in [7, 11) is 1.70. The van der Waals surface area contributed by atoms with Gasteiger partial charge in [0, 0.05) is 26.2 Å². The molecule has 1 aromatic carbocycles. The molecule has 0 heterocycles. The fraction of sp³-hybridized carbons (Fsp3) is 0.650. The van der Waals surface area contributed by atoms with Gasteiger partial charge in [-0.2, -0.15) is 0 Å². The number of methoxy groups -OCH3 is 1. The van der Waals surface area contributed by atoms with E-state index in [2.05, 4.69) is 41.6 Å². The van der Waals surface area contributed by atoms with Gasteiger partial charge in [0.1, 0.15) is 5.75 Å². The molecule has 1 atom stereocenters. The highest BCUT2D eigenvalue weighted by atomic mass is 16.5. The van der Waals surface area contributed by atoms with Gasteiger partial charge in [-0.25, -0.2) is 0 Å². The maximum Gasteiger partial charge on any atom is 0.191 e. The third-order valence-corrected chi connectivity index (χ3v) is 4.15. The molecule has 0 bridgehead atoms. The van der Waals surface area contributed by atoms with Crippen molar-refractivity contribution in [3.05, 3.63) is 29.8 Å². The van der Waals surface area contributed by atoms with Gasteiger partial charge >= 0.3 is 0 Å². The number of hydrogen-bond acceptors (Lipinski definition) is 3. The number of aryl methyl sites for hydroxylation is 1. The molecule has 0 aliphatic heterocycles. The molecule has 0 fully saturated rings. The summed E-state index contributed by atoms with van der Waals surface area (Å²) in [5.41, 5.74) is 1.29. The van der Waals surface area contributed by atoms with Crippen LogP contribution < -0.4 is 15.4 Å². The average molecular weight is 350 g/mol. The smallest absolute Gasteiger partial charge is 0.191 e. The van der Waals surface area contributed by atoms with Crippen LogP contribution >= 0.6 is 0 Å². The number of aliphatic hydroxyl groups excluding tert-OH is 1. The van der Waals surface area contributed by atoms with E-state index in [9.17, 15) is 0 Å². The first-order valence-electron chi connectivity index (χ1n) is 9.49. The van der Waals surface area contributed by atoms with Gasteiger partial charge < -0.3 is 20.5 Å². The second-order valence-corrected chi connectivity index (χ2v) is 6.27. The summed E-state index contributed by atoms with van der Waals surface area (Å²) in [5, 5.41) is 15.9. The SMILES string of the molecule is CCCC(CCO)CN=C(NCC)NCCCc1cccc(OC)c1. The van der Waals surface area contributed by atoms with Gasteiger partial charge in [-0.05, 0) is 56.2 Å². The van der Waals surface area contributed by atoms with Gasteiger partial charge in [-0.1, -0.05) is 25.5 Å². The van der Waals surface area contributed by atoms with Crippen molar-refractivity contribution < 1.29 is 9.84 Å². The standard InChI is InChI=1S/C20H35N3O2/c1-4-8-18(12-14-24)16-23-20(21-5-2)22-13-7-10-17-9-6-11-19(15-17)25-3/h6,9,11,15,18,24H,4-5,7-8,10,12-14,16H2,1-3H3,(H2,21,22,23). The van der Waals surface area contributed by atoms with E-state index in [4.69, 9.17) is 9.84 Å². The van der Waals surface area contributed by atoms with Crippen LogP contribution in [0.4, 0.5) is 0 Å². The van der Waals surface area contributed by atoms with Crippen molar-refractivity contribution in [2.45, 2.75) is 46.0 Å². The Bertz CT molecular complexity index is 486. The molecule has 0 saturated heterocycles. The summed E-state index contributed by atoms with van der Waals surface area (Å²) in [6.07, 6.45) is 5.11. The molecule has 1 aromatic rings. The number of guanidine groups is 1. The van der Waals surface area contributed by atoms with Crippen molar-refractivity contribution in [2.24, 2.45) is 10.9 Å². The van der Waals surface area contributed by atoms with E-state index in [1.54, 1.807) is 7.11 Å². The minimum atomic E-state index is 0.241. The van der Waals surface area contributed by atoms with Crippen molar-refractivity contribution in [1.82, 2.24) is 10.6 Å². The molecule has 0 aromatic heterocycles. The van der Waals surface area contributed by atoms with Crippen LogP contribution in [0.5, 0.6) is 5.75 Å². The van der Waals surface area contributed by atoms with Crippen LogP contribution in [0.3, 0.4) is 0 Å². The topological polar surface area (TPSA) is 65.9 Å². The van der Waals surface area contributed by atoms with Crippen molar-refractivity contribution in [2.75, 3.05) is 33.4 Å². The summed E-state index contributed by atoms with van der Waals surface area (Å²) in [6, 6.07) is 8.22. The number of nitrogens with one attached hydrogen (secondary N) is 2. The predicted octanol–water partition coefficient (Wildman–Crippen LogP) is 2.98. The Balaban J connectivity index is 2.41. The Hall–Kier alpha value is -1.75. The third-order valence-electron chi connectivity index (χ3n) is 4.15. The monoisotopic (exact) mass is 349 g/mol. The van der Waals surface area contributed by atoms with E-state index in [-0.39, 0.29) is 6.61 Å². The fourth-order valence-corrected chi connectivity index (χ4v) is 2.81. The zero-order chi connectivity index (χ0) is 18.3. The number of benzene rings is 1. The van der Waals surface area contributed by atoms with Crippen LogP contribution in [-0.4, -0.2) is 44.4 Å². The minimum absolute atomic E-state index is 0.241. The van der Waals surface area contributed by atoms with Crippen LogP contribution in [-0.2, 0) is 6.42 Å². The van der Waals surface area contributed by atoms with Gasteiger partial charge in [0.2, 0.25) is 0 Å². The first-order valence-corrected chi connectivity index (χ1v) is 9.49. The molecule has 1 rings (SSSR count). The van der Waals surface area contributed by atoms with E-state index in [1.165, 1.54) is 5.56 Å². The first kappa shape index (κ1) is 21.3. The second kappa shape index (κ2) is 13.5. The van der Waals surface area contributed by atoms with Crippen LogP contribution in [0.25, 0.3) is 0 Å². The van der Waals surface area contributed by atoms with E-state index in [0.717, 1.165) is 63.4 Å². The lowest BCUT2D eigenvalue weighted by Gasteiger charge is -2.15. The highest BCUT2D eigenvalue weighted by Gasteiger charge is 2.07. The Kier molecular flexibility index (Phi) is 11.5. The number of aliphatic imine (C=N–C) groups is 1. The maximum atomic E-state index is 9.16. The molecule has 5 heteroatoms. The normalized spacial score (nSPS) is 12.7. The summed E-state index contributed by atoms with van der Waals surface area (Å²) in [4.78, 5) is 4.69. The highest BCUT2D eigenvalue weighted by molar-refractivity contribution is 5.79. The van der Waals surface area contributed by atoms with Crippen molar-refractivity contribution in [3.63, 3.8) is 0 Å². The molecule has 25 heavy (non-hydrogen) atoms. The molecule has 142 valence electrons. The van der Waals surface area contributed by atoms with E-state index < -0.39 is 0 Å². The molecule has 0 amide bonds. The van der Waals surface area contributed by atoms with Crippen molar-refractivity contribution in [3.8, 4) is 5.75 Å². The van der Waals surface area contributed by atoms with Gasteiger partial charge in [-0.3, -0.25) is 4.99 Å². The van der Waals surface area contributed by atoms with Gasteiger partial charge in [0.15, 0.2) is 5.96 Å². The van der Waals surface area contributed by atoms with Gasteiger partial charge in [0.05, 0.1) is 7.11 Å². The maximum absolute atomic E-state index is 9.16. The summed E-state index contributed by atoms with van der Waals surface area (Å²) in [5.74, 6) is 2.24. The highest BCUT2D eigenvalue weighted by Crippen LogP contribution is 2.13. The molecule has 0 aliphatic rings. The summed E-state index contributed by atoms with van der Waals surface area (Å²) in [6.45, 7) is 6.98. The van der Waals surface area contributed by atoms with Crippen molar-refractivity contribution >= 4 is 5.96 Å². The Morgan fingerprint density at radius 1 is 1.24 bits per heavy atom. The van der Waals surface area contributed by atoms with Crippen LogP contribution in [0.2, 0.25) is 0 Å². The predicted molar refractivity (Wildman–Crippen MR) is 105 cm³/mol. The average Bonchev–Trinajstić information content (AvgIpc) is 2.63. The Morgan fingerprint density at radius 3 is 2.76 bits per heavy atom. The van der Waals surface area contributed by atoms with Crippen LogP contribution in [0.15, 0.2) is 29.3 Å². The Morgan fingerprint density at radius 2 is 2.08 bits per heavy atom. The zero-order valence-corrected chi connectivity index (χ0v) is 16.1. The molecule has 5 nitrogen and oxygen atoms in total. The van der Waals surface area contributed by atoms with Crippen molar-refractivity contribution in [1.29, 1.82) is 0 Å². The quantitative estimate of drug-likeness (QED) is 0.308. The fourth-order valence-electron chi connectivity index (χ4n) is 2.81. The molecule has 1 unspecified atom stereocenters. The second-order valence-electron chi connectivity index (χ2n) is 6.27. The molecule has 0 aliphatic carbocycles. The largest absolute Gasteiger partial charge is 0.497 e. The van der Waals surface area contributed by atoms with Gasteiger partial charge in [0.25, 0.3) is 0 Å². The first-order chi connectivity index (χ1) is 12.2. The zero-order valence-electron chi connectivity index (χ0n) is 16.1. The van der Waals surface area contributed by atoms with E-state index in [1.807, 2.05) is 12.1 Å². The van der Waals surface area contributed by atoms with Crippen LogP contribution in [0.1, 0.15) is 45.1 Å². The molecule has 0 radical (unpaired) electrons. The summed E-state index contributed by atoms with van der Waals surface area (Å²) < 4.78 is 5.26. The lowest BCUT2D eigenvalue weighted by molar-refractivity contribution is 0.253. The Labute approximate surface area is 152 Å². The van der Waals surface area contributed by atoms with E-state index >= 15 is 0 Å². The lowest BCUT2D eigenvalue weighted by atomic mass is 10.0. The number of ether oxygens (including phenoxy) is 1. The van der Waals surface area contributed by atoms with E-state index in [0.29, 0.717) is 5.92 Å². The molecular weight excluding hydrogens is 314 g/mol. The van der Waals surface area contributed by atoms with Gasteiger partial charge in [-0.15, -0.1) is 0 Å².